The number of benzene rings is 1. The Balaban J connectivity index is 2.08. The first-order chi connectivity index (χ1) is 8.76. The van der Waals surface area contributed by atoms with Crippen LogP contribution in [0.1, 0.15) is 31.7 Å². The van der Waals surface area contributed by atoms with Gasteiger partial charge in [0.15, 0.2) is 0 Å². The van der Waals surface area contributed by atoms with Crippen molar-refractivity contribution in [1.29, 1.82) is 0 Å². The van der Waals surface area contributed by atoms with Crippen molar-refractivity contribution in [2.45, 2.75) is 39.2 Å². The van der Waals surface area contributed by atoms with Gasteiger partial charge in [0, 0.05) is 24.8 Å². The van der Waals surface area contributed by atoms with Gasteiger partial charge in [0.25, 0.3) is 0 Å². The van der Waals surface area contributed by atoms with Crippen molar-refractivity contribution in [1.82, 2.24) is 5.32 Å². The molecule has 1 aromatic carbocycles. The predicted octanol–water partition coefficient (Wildman–Crippen LogP) is 3.21. The summed E-state index contributed by atoms with van der Waals surface area (Å²) in [6.45, 7) is 6.75. The van der Waals surface area contributed by atoms with Gasteiger partial charge in [-0.25, -0.2) is 0 Å². The zero-order valence-corrected chi connectivity index (χ0v) is 11.9. The third kappa shape index (κ3) is 2.86. The maximum atomic E-state index is 3.48. The zero-order chi connectivity index (χ0) is 13.0. The molecule has 100 valence electrons. The Hall–Kier alpha value is -1.02. The van der Waals surface area contributed by atoms with Crippen molar-refractivity contribution in [3.63, 3.8) is 0 Å². The Bertz CT molecular complexity index is 375. The summed E-state index contributed by atoms with van der Waals surface area (Å²) >= 11 is 0. The largest absolute Gasteiger partial charge is 0.371 e. The Kier molecular flexibility index (Phi) is 4.65. The average Bonchev–Trinajstić information content (AvgIpc) is 2.84. The Morgan fingerprint density at radius 2 is 2.06 bits per heavy atom. The Morgan fingerprint density at radius 1 is 1.28 bits per heavy atom. The van der Waals surface area contributed by atoms with Crippen LogP contribution in [-0.4, -0.2) is 26.2 Å². The van der Waals surface area contributed by atoms with E-state index in [0.717, 1.165) is 12.5 Å². The molecule has 1 aromatic rings. The summed E-state index contributed by atoms with van der Waals surface area (Å²) in [5.41, 5.74) is 2.79. The molecule has 0 radical (unpaired) electrons. The van der Waals surface area contributed by atoms with Crippen molar-refractivity contribution in [2.24, 2.45) is 5.92 Å². The highest BCUT2D eigenvalue weighted by atomic mass is 15.1. The maximum Gasteiger partial charge on any atom is 0.0395 e. The molecule has 1 fully saturated rings. The summed E-state index contributed by atoms with van der Waals surface area (Å²) < 4.78 is 0. The number of nitrogens with zero attached hydrogens (tertiary/aromatic N) is 1. The van der Waals surface area contributed by atoms with E-state index in [2.05, 4.69) is 55.4 Å². The molecule has 0 bridgehead atoms. The number of rotatable bonds is 5. The molecule has 2 unspecified atom stereocenters. The van der Waals surface area contributed by atoms with Gasteiger partial charge in [0.1, 0.15) is 0 Å². The first-order valence-corrected chi connectivity index (χ1v) is 7.24. The third-order valence-corrected chi connectivity index (χ3v) is 4.32. The van der Waals surface area contributed by atoms with E-state index < -0.39 is 0 Å². The van der Waals surface area contributed by atoms with Crippen LogP contribution in [0.5, 0.6) is 0 Å². The van der Waals surface area contributed by atoms with Gasteiger partial charge in [-0.05, 0) is 51.3 Å². The highest BCUT2D eigenvalue weighted by Crippen LogP contribution is 2.29. The van der Waals surface area contributed by atoms with Gasteiger partial charge >= 0.3 is 0 Å². The summed E-state index contributed by atoms with van der Waals surface area (Å²) in [7, 11) is 2.10. The molecular weight excluding hydrogens is 220 g/mol. The predicted molar refractivity (Wildman–Crippen MR) is 79.3 cm³/mol. The molecule has 2 atom stereocenters. The molecule has 1 aliphatic carbocycles. The monoisotopic (exact) mass is 246 g/mol. The van der Waals surface area contributed by atoms with E-state index >= 15 is 0 Å². The Morgan fingerprint density at radius 3 is 2.72 bits per heavy atom. The number of hydrogen-bond donors (Lipinski definition) is 1. The highest BCUT2D eigenvalue weighted by molar-refractivity contribution is 5.52. The van der Waals surface area contributed by atoms with Gasteiger partial charge < -0.3 is 10.2 Å². The molecule has 18 heavy (non-hydrogen) atoms. The van der Waals surface area contributed by atoms with Crippen LogP contribution >= 0.6 is 0 Å². The highest BCUT2D eigenvalue weighted by Gasteiger charge is 2.27. The van der Waals surface area contributed by atoms with Gasteiger partial charge in [-0.15, -0.1) is 0 Å². The van der Waals surface area contributed by atoms with Crippen LogP contribution in [0.25, 0.3) is 0 Å². The van der Waals surface area contributed by atoms with Crippen LogP contribution in [0, 0.1) is 12.8 Å². The summed E-state index contributed by atoms with van der Waals surface area (Å²) in [4.78, 5) is 2.54. The lowest BCUT2D eigenvalue weighted by Crippen LogP contribution is -2.38. The lowest BCUT2D eigenvalue weighted by atomic mass is 10.0. The molecule has 2 rings (SSSR count). The van der Waals surface area contributed by atoms with E-state index in [9.17, 15) is 0 Å². The number of anilines is 1. The topological polar surface area (TPSA) is 15.3 Å². The summed E-state index contributed by atoms with van der Waals surface area (Å²) in [6.07, 6.45) is 4.09. The van der Waals surface area contributed by atoms with Crippen LogP contribution in [-0.2, 0) is 0 Å². The molecule has 0 aromatic heterocycles. The van der Waals surface area contributed by atoms with Gasteiger partial charge in [-0.1, -0.05) is 24.6 Å². The molecule has 0 saturated heterocycles. The molecule has 1 saturated carbocycles. The van der Waals surface area contributed by atoms with E-state index in [0.29, 0.717) is 6.04 Å². The van der Waals surface area contributed by atoms with Crippen LogP contribution < -0.4 is 10.2 Å². The third-order valence-electron chi connectivity index (χ3n) is 4.32. The minimum absolute atomic E-state index is 0.711. The van der Waals surface area contributed by atoms with E-state index in [-0.39, 0.29) is 0 Å². The van der Waals surface area contributed by atoms with Crippen LogP contribution in [0.2, 0.25) is 0 Å². The first kappa shape index (κ1) is 13.4. The van der Waals surface area contributed by atoms with Gasteiger partial charge in [-0.2, -0.15) is 0 Å². The lowest BCUT2D eigenvalue weighted by Gasteiger charge is -2.30. The molecule has 0 aliphatic heterocycles. The zero-order valence-electron chi connectivity index (χ0n) is 11.9. The molecule has 0 amide bonds. The number of hydrogen-bond acceptors (Lipinski definition) is 2. The number of para-hydroxylation sites is 1. The summed E-state index contributed by atoms with van der Waals surface area (Å²) in [5, 5.41) is 3.48. The SMILES string of the molecule is CCN(CC1CCCC1NC)c1ccccc1C. The lowest BCUT2D eigenvalue weighted by molar-refractivity contribution is 0.423. The molecule has 0 spiro atoms. The van der Waals surface area contributed by atoms with Gasteiger partial charge in [-0.3, -0.25) is 0 Å². The number of nitrogens with one attached hydrogen (secondary N) is 1. The second-order valence-electron chi connectivity index (χ2n) is 5.41. The second kappa shape index (κ2) is 6.24. The molecule has 0 heterocycles. The van der Waals surface area contributed by atoms with E-state index in [4.69, 9.17) is 0 Å². The maximum absolute atomic E-state index is 3.48. The minimum Gasteiger partial charge on any atom is -0.371 e. The molecule has 2 nitrogen and oxygen atoms in total. The van der Waals surface area contributed by atoms with E-state index in [1.54, 1.807) is 0 Å². The molecule has 1 aliphatic rings. The van der Waals surface area contributed by atoms with Crippen molar-refractivity contribution in [2.75, 3.05) is 25.0 Å². The summed E-state index contributed by atoms with van der Waals surface area (Å²) in [6, 6.07) is 9.45. The average molecular weight is 246 g/mol. The fourth-order valence-electron chi connectivity index (χ4n) is 3.23. The molecule has 1 N–H and O–H groups in total. The van der Waals surface area contributed by atoms with Crippen molar-refractivity contribution < 1.29 is 0 Å². The normalized spacial score (nSPS) is 23.3. The standard InChI is InChI=1S/C16H26N2/c1-4-18(16-11-6-5-8-13(16)2)12-14-9-7-10-15(14)17-3/h5-6,8,11,14-15,17H,4,7,9-10,12H2,1-3H3. The quantitative estimate of drug-likeness (QED) is 0.858. The van der Waals surface area contributed by atoms with E-state index in [1.807, 2.05) is 0 Å². The van der Waals surface area contributed by atoms with Crippen molar-refractivity contribution in [3.8, 4) is 0 Å². The van der Waals surface area contributed by atoms with Crippen LogP contribution in [0.15, 0.2) is 24.3 Å². The minimum atomic E-state index is 0.711. The Labute approximate surface area is 111 Å². The fourth-order valence-corrected chi connectivity index (χ4v) is 3.23. The van der Waals surface area contributed by atoms with Crippen molar-refractivity contribution >= 4 is 5.69 Å². The van der Waals surface area contributed by atoms with E-state index in [1.165, 1.54) is 37.1 Å². The van der Waals surface area contributed by atoms with Gasteiger partial charge in [0.2, 0.25) is 0 Å². The first-order valence-electron chi connectivity index (χ1n) is 7.24. The smallest absolute Gasteiger partial charge is 0.0395 e. The van der Waals surface area contributed by atoms with Crippen LogP contribution in [0.4, 0.5) is 5.69 Å². The number of aryl methyl sites for hydroxylation is 1. The van der Waals surface area contributed by atoms with Crippen molar-refractivity contribution in [3.05, 3.63) is 29.8 Å². The fraction of sp³-hybridized carbons (Fsp3) is 0.625. The molecular formula is C16H26N2. The van der Waals surface area contributed by atoms with Crippen LogP contribution in [0.3, 0.4) is 0 Å². The molecule has 2 heteroatoms. The van der Waals surface area contributed by atoms with Gasteiger partial charge in [0.05, 0.1) is 0 Å². The second-order valence-corrected chi connectivity index (χ2v) is 5.41. The summed E-state index contributed by atoms with van der Waals surface area (Å²) in [5.74, 6) is 0.801.